The Labute approximate surface area is 153 Å². The van der Waals surface area contributed by atoms with E-state index in [1.807, 2.05) is 31.2 Å². The molecule has 2 aromatic carbocycles. The van der Waals surface area contributed by atoms with Crippen LogP contribution in [0.2, 0.25) is 0 Å². The summed E-state index contributed by atoms with van der Waals surface area (Å²) in [4.78, 5) is 15.0. The molecular weight excluding hydrogens is 352 g/mol. The fourth-order valence-corrected chi connectivity index (χ4v) is 4.62. The monoisotopic (exact) mass is 372 g/mol. The third-order valence-corrected chi connectivity index (χ3v) is 6.00. The van der Waals surface area contributed by atoms with E-state index in [0.717, 1.165) is 23.9 Å². The quantitative estimate of drug-likeness (QED) is 0.811. The molecule has 4 rings (SSSR count). The van der Waals surface area contributed by atoms with Crippen molar-refractivity contribution < 1.29 is 17.9 Å². The van der Waals surface area contributed by atoms with Crippen LogP contribution in [0.3, 0.4) is 0 Å². The van der Waals surface area contributed by atoms with E-state index in [1.54, 1.807) is 29.2 Å². The minimum Gasteiger partial charge on any atom is -0.476 e. The summed E-state index contributed by atoms with van der Waals surface area (Å²) in [5.41, 5.74) is 2.46. The Morgan fingerprint density at radius 3 is 2.46 bits per heavy atom. The van der Waals surface area contributed by atoms with E-state index < -0.39 is 16.1 Å². The zero-order chi connectivity index (χ0) is 18.5. The highest BCUT2D eigenvalue weighted by molar-refractivity contribution is 7.92. The molecule has 2 heterocycles. The molecule has 7 heteroatoms. The number of hydrogen-bond acceptors (Lipinski definition) is 4. The van der Waals surface area contributed by atoms with Crippen LogP contribution in [0.1, 0.15) is 12.5 Å². The molecule has 136 valence electrons. The number of amides is 1. The topological polar surface area (TPSA) is 66.9 Å². The van der Waals surface area contributed by atoms with Crippen LogP contribution in [0, 0.1) is 0 Å². The first-order valence-corrected chi connectivity index (χ1v) is 10.4. The Balaban J connectivity index is 1.70. The number of ether oxygens (including phenoxy) is 1. The molecular formula is C19H20N2O4S. The SMILES string of the molecule is C[C@@H]1Cc2ccccc2N1C(=O)[C@H]1CN(S(C)(=O)=O)c2ccccc2O1. The lowest BCUT2D eigenvalue weighted by Crippen LogP contribution is -2.53. The molecule has 6 nitrogen and oxygen atoms in total. The number of fused-ring (bicyclic) bond motifs is 2. The summed E-state index contributed by atoms with van der Waals surface area (Å²) in [6, 6.07) is 14.7. The number of nitrogens with zero attached hydrogens (tertiary/aromatic N) is 2. The van der Waals surface area contributed by atoms with Crippen molar-refractivity contribution >= 4 is 27.3 Å². The van der Waals surface area contributed by atoms with Gasteiger partial charge in [-0.05, 0) is 37.1 Å². The van der Waals surface area contributed by atoms with Gasteiger partial charge in [-0.1, -0.05) is 30.3 Å². The molecule has 0 saturated carbocycles. The predicted octanol–water partition coefficient (Wildman–Crippen LogP) is 2.19. The summed E-state index contributed by atoms with van der Waals surface area (Å²) < 4.78 is 31.6. The number of sulfonamides is 1. The Kier molecular flexibility index (Phi) is 3.91. The fraction of sp³-hybridized carbons (Fsp3) is 0.316. The number of carbonyl (C=O) groups excluding carboxylic acids is 1. The smallest absolute Gasteiger partial charge is 0.270 e. The highest BCUT2D eigenvalue weighted by atomic mass is 32.2. The third kappa shape index (κ3) is 2.72. The van der Waals surface area contributed by atoms with Gasteiger partial charge in [0.25, 0.3) is 5.91 Å². The van der Waals surface area contributed by atoms with Crippen molar-refractivity contribution in [3.63, 3.8) is 0 Å². The normalized spacial score (nSPS) is 21.8. The van der Waals surface area contributed by atoms with Gasteiger partial charge in [-0.3, -0.25) is 9.10 Å². The largest absolute Gasteiger partial charge is 0.476 e. The summed E-state index contributed by atoms with van der Waals surface area (Å²) in [5.74, 6) is 0.188. The van der Waals surface area contributed by atoms with E-state index in [-0.39, 0.29) is 18.5 Å². The number of benzene rings is 2. The Morgan fingerprint density at radius 1 is 1.08 bits per heavy atom. The van der Waals surface area contributed by atoms with Crippen molar-refractivity contribution in [2.75, 3.05) is 22.0 Å². The van der Waals surface area contributed by atoms with Gasteiger partial charge in [0.05, 0.1) is 18.5 Å². The summed E-state index contributed by atoms with van der Waals surface area (Å²) >= 11 is 0. The summed E-state index contributed by atoms with van der Waals surface area (Å²) in [6.45, 7) is 1.96. The summed E-state index contributed by atoms with van der Waals surface area (Å²) in [6.07, 6.45) is 1.04. The lowest BCUT2D eigenvalue weighted by Gasteiger charge is -2.36. The molecule has 2 aliphatic rings. The van der Waals surface area contributed by atoms with E-state index >= 15 is 0 Å². The van der Waals surface area contributed by atoms with Crippen LogP contribution in [0.25, 0.3) is 0 Å². The van der Waals surface area contributed by atoms with Gasteiger partial charge in [-0.15, -0.1) is 0 Å². The molecule has 1 amide bonds. The van der Waals surface area contributed by atoms with Crippen molar-refractivity contribution in [3.8, 4) is 5.75 Å². The summed E-state index contributed by atoms with van der Waals surface area (Å²) in [5, 5.41) is 0. The van der Waals surface area contributed by atoms with Crippen molar-refractivity contribution in [3.05, 3.63) is 54.1 Å². The maximum absolute atomic E-state index is 13.2. The second-order valence-electron chi connectivity index (χ2n) is 6.76. The zero-order valence-electron chi connectivity index (χ0n) is 14.6. The van der Waals surface area contributed by atoms with Gasteiger partial charge in [-0.25, -0.2) is 8.42 Å². The second kappa shape index (κ2) is 6.02. The van der Waals surface area contributed by atoms with Crippen molar-refractivity contribution in [2.24, 2.45) is 0 Å². The van der Waals surface area contributed by atoms with Gasteiger partial charge in [0.1, 0.15) is 5.75 Å². The minimum absolute atomic E-state index is 0.00681. The third-order valence-electron chi connectivity index (χ3n) is 4.86. The van der Waals surface area contributed by atoms with Crippen molar-refractivity contribution in [1.82, 2.24) is 0 Å². The molecule has 0 saturated heterocycles. The predicted molar refractivity (Wildman–Crippen MR) is 100 cm³/mol. The maximum atomic E-state index is 13.2. The van der Waals surface area contributed by atoms with Gasteiger partial charge in [-0.2, -0.15) is 0 Å². The lowest BCUT2D eigenvalue weighted by molar-refractivity contribution is -0.125. The highest BCUT2D eigenvalue weighted by Crippen LogP contribution is 2.37. The van der Waals surface area contributed by atoms with Gasteiger partial charge in [0, 0.05) is 11.7 Å². The molecule has 0 spiro atoms. The highest BCUT2D eigenvalue weighted by Gasteiger charge is 2.40. The van der Waals surface area contributed by atoms with E-state index in [9.17, 15) is 13.2 Å². The van der Waals surface area contributed by atoms with E-state index in [1.165, 1.54) is 4.31 Å². The Bertz CT molecular complexity index is 973. The molecule has 0 bridgehead atoms. The molecule has 0 aliphatic carbocycles. The molecule has 0 aromatic heterocycles. The number of hydrogen-bond donors (Lipinski definition) is 0. The van der Waals surface area contributed by atoms with Crippen molar-refractivity contribution in [1.29, 1.82) is 0 Å². The fourth-order valence-electron chi connectivity index (χ4n) is 3.70. The molecule has 0 unspecified atom stereocenters. The van der Waals surface area contributed by atoms with Crippen LogP contribution < -0.4 is 13.9 Å². The van der Waals surface area contributed by atoms with Gasteiger partial charge >= 0.3 is 0 Å². The minimum atomic E-state index is -3.52. The van der Waals surface area contributed by atoms with Crippen molar-refractivity contribution in [2.45, 2.75) is 25.5 Å². The number of para-hydroxylation sites is 3. The molecule has 2 aliphatic heterocycles. The molecule has 0 radical (unpaired) electrons. The lowest BCUT2D eigenvalue weighted by atomic mass is 10.1. The van der Waals surface area contributed by atoms with Gasteiger partial charge in [0.15, 0.2) is 6.10 Å². The van der Waals surface area contributed by atoms with E-state index in [0.29, 0.717) is 11.4 Å². The standard InChI is InChI=1S/C19H20N2O4S/c1-13-11-14-7-3-4-8-15(14)21(13)19(22)18-12-20(26(2,23)24)16-9-5-6-10-17(16)25-18/h3-10,13,18H,11-12H2,1-2H3/t13-,18-/m1/s1. The first-order valence-electron chi connectivity index (χ1n) is 8.50. The molecule has 2 atom stereocenters. The Morgan fingerprint density at radius 2 is 1.73 bits per heavy atom. The van der Waals surface area contributed by atoms with E-state index in [4.69, 9.17) is 4.74 Å². The first kappa shape index (κ1) is 16.9. The van der Waals surface area contributed by atoms with E-state index in [2.05, 4.69) is 0 Å². The number of rotatable bonds is 2. The maximum Gasteiger partial charge on any atom is 0.270 e. The van der Waals surface area contributed by atoms with Crippen LogP contribution >= 0.6 is 0 Å². The van der Waals surface area contributed by atoms with Crippen LogP contribution in [0.4, 0.5) is 11.4 Å². The second-order valence-corrected chi connectivity index (χ2v) is 8.67. The molecule has 26 heavy (non-hydrogen) atoms. The molecule has 0 N–H and O–H groups in total. The van der Waals surface area contributed by atoms with Crippen LogP contribution in [0.5, 0.6) is 5.75 Å². The van der Waals surface area contributed by atoms with Crippen LogP contribution in [-0.4, -0.2) is 39.3 Å². The first-order chi connectivity index (χ1) is 12.4. The van der Waals surface area contributed by atoms with Crippen LogP contribution in [0.15, 0.2) is 48.5 Å². The average molecular weight is 372 g/mol. The average Bonchev–Trinajstić information content (AvgIpc) is 2.95. The number of anilines is 2. The van der Waals surface area contributed by atoms with Gasteiger partial charge in [0.2, 0.25) is 10.0 Å². The Hall–Kier alpha value is -2.54. The molecule has 2 aromatic rings. The molecule has 0 fully saturated rings. The zero-order valence-corrected chi connectivity index (χ0v) is 15.4. The van der Waals surface area contributed by atoms with Gasteiger partial charge < -0.3 is 9.64 Å². The summed E-state index contributed by atoms with van der Waals surface area (Å²) in [7, 11) is -3.52. The van der Waals surface area contributed by atoms with Crippen LogP contribution in [-0.2, 0) is 21.2 Å². The number of carbonyl (C=O) groups is 1.